The molecule has 1 aliphatic heterocycles. The largest absolute Gasteiger partial charge is 0.478 e. The second-order valence-corrected chi connectivity index (χ2v) is 7.72. The first kappa shape index (κ1) is 20.2. The summed E-state index contributed by atoms with van der Waals surface area (Å²) < 4.78 is 45.4. The van der Waals surface area contributed by atoms with Crippen molar-refractivity contribution in [1.29, 1.82) is 0 Å². The highest BCUT2D eigenvalue weighted by Gasteiger charge is 2.49. The molecule has 6 nitrogen and oxygen atoms in total. The number of ether oxygens (including phenoxy) is 1. The average Bonchev–Trinajstić information content (AvgIpc) is 2.93. The molecule has 0 saturated heterocycles. The zero-order chi connectivity index (χ0) is 21.7. The highest BCUT2D eigenvalue weighted by molar-refractivity contribution is 6.07. The Morgan fingerprint density at radius 2 is 1.93 bits per heavy atom. The van der Waals surface area contributed by atoms with Crippen molar-refractivity contribution in [3.8, 4) is 5.88 Å². The quantitative estimate of drug-likeness (QED) is 0.772. The lowest BCUT2D eigenvalue weighted by molar-refractivity contribution is -0.139. The summed E-state index contributed by atoms with van der Waals surface area (Å²) in [4.78, 5) is 28.0. The summed E-state index contributed by atoms with van der Waals surface area (Å²) in [6.07, 6.45) is -3.73. The number of benzene rings is 1. The van der Waals surface area contributed by atoms with Crippen LogP contribution in [0.25, 0.3) is 0 Å². The number of anilines is 1. The van der Waals surface area contributed by atoms with Crippen LogP contribution in [0.4, 0.5) is 18.9 Å². The molecular weight excluding hydrogens is 401 g/mol. The van der Waals surface area contributed by atoms with Gasteiger partial charge in [0.05, 0.1) is 11.0 Å². The number of halogens is 3. The maximum atomic E-state index is 13.3. The molecular formula is C21H19F3N2O4. The smallest absolute Gasteiger partial charge is 0.421 e. The number of hydrogen-bond acceptors (Lipinski definition) is 4. The monoisotopic (exact) mass is 420 g/mol. The number of nitrogens with one attached hydrogen (secondary N) is 1. The Morgan fingerprint density at radius 1 is 1.23 bits per heavy atom. The minimum atomic E-state index is -4.58. The van der Waals surface area contributed by atoms with Gasteiger partial charge in [0, 0.05) is 11.4 Å². The van der Waals surface area contributed by atoms with Gasteiger partial charge in [0.15, 0.2) is 0 Å². The molecule has 1 aromatic carbocycles. The minimum Gasteiger partial charge on any atom is -0.478 e. The first-order chi connectivity index (χ1) is 14.1. The summed E-state index contributed by atoms with van der Waals surface area (Å²) in [6.45, 7) is 1.59. The highest BCUT2D eigenvalue weighted by atomic mass is 19.4. The third-order valence-electron chi connectivity index (χ3n) is 5.83. The Morgan fingerprint density at radius 3 is 2.57 bits per heavy atom. The van der Waals surface area contributed by atoms with E-state index in [0.717, 1.165) is 6.07 Å². The van der Waals surface area contributed by atoms with Crippen molar-refractivity contribution in [1.82, 2.24) is 4.98 Å². The zero-order valence-electron chi connectivity index (χ0n) is 16.0. The van der Waals surface area contributed by atoms with Crippen molar-refractivity contribution >= 4 is 17.6 Å². The average molecular weight is 420 g/mol. The Balaban J connectivity index is 1.56. The van der Waals surface area contributed by atoms with Crippen LogP contribution in [-0.2, 0) is 16.4 Å². The number of carboxylic acids is 1. The molecule has 1 aromatic heterocycles. The molecule has 2 aliphatic rings. The summed E-state index contributed by atoms with van der Waals surface area (Å²) in [7, 11) is 0. The van der Waals surface area contributed by atoms with E-state index in [1.165, 1.54) is 18.2 Å². The number of nitrogens with zero attached hydrogens (tertiary/aromatic N) is 1. The fourth-order valence-electron chi connectivity index (χ4n) is 4.24. The molecule has 4 rings (SSSR count). The molecule has 2 heterocycles. The van der Waals surface area contributed by atoms with E-state index in [2.05, 4.69) is 10.3 Å². The van der Waals surface area contributed by atoms with Crippen molar-refractivity contribution in [3.05, 3.63) is 52.7 Å². The maximum absolute atomic E-state index is 13.3. The molecule has 1 spiro atoms. The minimum absolute atomic E-state index is 0.0850. The molecule has 2 aromatic rings. The molecule has 2 N–H and O–H groups in total. The van der Waals surface area contributed by atoms with E-state index < -0.39 is 35.1 Å². The predicted octanol–water partition coefficient (Wildman–Crippen LogP) is 4.32. The molecule has 1 aliphatic carbocycles. The highest BCUT2D eigenvalue weighted by Crippen LogP contribution is 2.48. The van der Waals surface area contributed by atoms with Crippen molar-refractivity contribution < 1.29 is 32.6 Å². The summed E-state index contributed by atoms with van der Waals surface area (Å²) in [5, 5.41) is 12.1. The third-order valence-corrected chi connectivity index (χ3v) is 5.83. The second kappa shape index (κ2) is 7.00. The second-order valence-electron chi connectivity index (χ2n) is 7.72. The number of aromatic nitrogens is 1. The lowest BCUT2D eigenvalue weighted by atomic mass is 9.69. The topological polar surface area (TPSA) is 88.5 Å². The van der Waals surface area contributed by atoms with Crippen LogP contribution < -0.4 is 10.1 Å². The van der Waals surface area contributed by atoms with Crippen molar-refractivity contribution in [3.63, 3.8) is 0 Å². The van der Waals surface area contributed by atoms with E-state index in [1.807, 2.05) is 0 Å². The predicted molar refractivity (Wildman–Crippen MR) is 101 cm³/mol. The Labute approximate surface area is 170 Å². The number of carbonyl (C=O) groups excluding carboxylic acids is 1. The summed E-state index contributed by atoms with van der Waals surface area (Å²) in [5.41, 5.74) is -0.131. The van der Waals surface area contributed by atoms with Crippen molar-refractivity contribution in [2.24, 2.45) is 0 Å². The van der Waals surface area contributed by atoms with Gasteiger partial charge in [0.1, 0.15) is 11.7 Å². The van der Waals surface area contributed by atoms with E-state index >= 15 is 0 Å². The summed E-state index contributed by atoms with van der Waals surface area (Å²) >= 11 is 0. The van der Waals surface area contributed by atoms with Crippen LogP contribution in [0.3, 0.4) is 0 Å². The molecule has 0 unspecified atom stereocenters. The number of hydrogen-bond donors (Lipinski definition) is 2. The van der Waals surface area contributed by atoms with Gasteiger partial charge < -0.3 is 15.2 Å². The van der Waals surface area contributed by atoms with Gasteiger partial charge in [-0.1, -0.05) is 0 Å². The van der Waals surface area contributed by atoms with Gasteiger partial charge in [-0.2, -0.15) is 13.2 Å². The van der Waals surface area contributed by atoms with Gasteiger partial charge in [-0.05, 0) is 68.5 Å². The van der Waals surface area contributed by atoms with Gasteiger partial charge in [0.2, 0.25) is 11.8 Å². The van der Waals surface area contributed by atoms with Gasteiger partial charge in [-0.15, -0.1) is 0 Å². The van der Waals surface area contributed by atoms with E-state index in [4.69, 9.17) is 4.74 Å². The van der Waals surface area contributed by atoms with E-state index in [0.29, 0.717) is 42.6 Å². The standard InChI is InChI=1S/C21H19F3N2O4/c1-11-2-4-14(21(22,23)24)17(25-11)30-13-6-8-20(9-7-13)15-10-12(18(27)28)3-5-16(15)26-19(20)29/h2-5,10,13H,6-9H2,1H3,(H,26,29)(H,27,28). The fourth-order valence-corrected chi connectivity index (χ4v) is 4.24. The van der Waals surface area contributed by atoms with Gasteiger partial charge >= 0.3 is 12.1 Å². The van der Waals surface area contributed by atoms with Gasteiger partial charge in [0.25, 0.3) is 0 Å². The number of aryl methyl sites for hydroxylation is 1. The lowest BCUT2D eigenvalue weighted by Crippen LogP contribution is -2.41. The maximum Gasteiger partial charge on any atom is 0.421 e. The van der Waals surface area contributed by atoms with Gasteiger partial charge in [-0.3, -0.25) is 4.79 Å². The number of carboxylic acid groups (broad SMARTS) is 1. The molecule has 1 amide bonds. The number of amides is 1. The number of pyridine rings is 1. The Bertz CT molecular complexity index is 1030. The van der Waals surface area contributed by atoms with Crippen LogP contribution in [0.2, 0.25) is 0 Å². The summed E-state index contributed by atoms with van der Waals surface area (Å²) in [6, 6.07) is 6.74. The van der Waals surface area contributed by atoms with Crippen LogP contribution in [0.5, 0.6) is 5.88 Å². The van der Waals surface area contributed by atoms with E-state index in [-0.39, 0.29) is 11.5 Å². The fraction of sp³-hybridized carbons (Fsp3) is 0.381. The van der Waals surface area contributed by atoms with Crippen molar-refractivity contribution in [2.45, 2.75) is 50.3 Å². The molecule has 0 bridgehead atoms. The molecule has 0 atom stereocenters. The number of fused-ring (bicyclic) bond motifs is 2. The lowest BCUT2D eigenvalue weighted by Gasteiger charge is -2.35. The van der Waals surface area contributed by atoms with E-state index in [9.17, 15) is 27.9 Å². The Hall–Kier alpha value is -3.10. The van der Waals surface area contributed by atoms with Crippen LogP contribution in [0, 0.1) is 6.92 Å². The molecule has 1 saturated carbocycles. The molecule has 158 valence electrons. The first-order valence-corrected chi connectivity index (χ1v) is 9.51. The molecule has 9 heteroatoms. The van der Waals surface area contributed by atoms with Crippen LogP contribution in [-0.4, -0.2) is 28.1 Å². The zero-order valence-corrected chi connectivity index (χ0v) is 16.0. The molecule has 0 radical (unpaired) electrons. The SMILES string of the molecule is Cc1ccc(C(F)(F)F)c(OC2CCC3(CC2)C(=O)Nc2ccc(C(=O)O)cc23)n1. The molecule has 30 heavy (non-hydrogen) atoms. The van der Waals surface area contributed by atoms with E-state index in [1.54, 1.807) is 13.0 Å². The summed E-state index contributed by atoms with van der Waals surface area (Å²) in [5.74, 6) is -1.76. The molecule has 1 fully saturated rings. The Kier molecular flexibility index (Phi) is 4.71. The van der Waals surface area contributed by atoms with Crippen LogP contribution >= 0.6 is 0 Å². The number of carbonyl (C=O) groups is 2. The first-order valence-electron chi connectivity index (χ1n) is 9.51. The number of aromatic carboxylic acids is 1. The normalized spacial score (nSPS) is 23.2. The number of alkyl halides is 3. The third kappa shape index (κ3) is 3.38. The van der Waals surface area contributed by atoms with Crippen molar-refractivity contribution in [2.75, 3.05) is 5.32 Å². The number of rotatable bonds is 3. The van der Waals surface area contributed by atoms with Gasteiger partial charge in [-0.25, -0.2) is 9.78 Å². The van der Waals surface area contributed by atoms with Crippen LogP contribution in [0.1, 0.15) is 52.9 Å². The van der Waals surface area contributed by atoms with Crippen LogP contribution in [0.15, 0.2) is 30.3 Å².